The second kappa shape index (κ2) is 4.80. The summed E-state index contributed by atoms with van der Waals surface area (Å²) in [6, 6.07) is 5.34. The van der Waals surface area contributed by atoms with Gasteiger partial charge in [-0.15, -0.1) is 6.42 Å². The summed E-state index contributed by atoms with van der Waals surface area (Å²) in [6.45, 7) is 2.85. The molecule has 18 heavy (non-hydrogen) atoms. The minimum atomic E-state index is -1.01. The number of rotatable bonds is 4. The number of carboxylic acids is 1. The maximum atomic E-state index is 11.4. The highest BCUT2D eigenvalue weighted by Gasteiger charge is 2.21. The zero-order valence-corrected chi connectivity index (χ0v) is 10.00. The highest BCUT2D eigenvalue weighted by molar-refractivity contribution is 5.93. The Morgan fingerprint density at radius 3 is 3.00 bits per heavy atom. The molecule has 0 amide bonds. The molecule has 0 unspecified atom stereocenters. The van der Waals surface area contributed by atoms with Gasteiger partial charge in [0.05, 0.1) is 6.54 Å². The third-order valence-electron chi connectivity index (χ3n) is 2.68. The molecule has 0 aliphatic rings. The number of aromatic carboxylic acids is 1. The quantitative estimate of drug-likeness (QED) is 0.827. The van der Waals surface area contributed by atoms with Crippen molar-refractivity contribution in [1.29, 1.82) is 0 Å². The number of terminal acetylenes is 1. The maximum Gasteiger partial charge on any atom is 0.356 e. The van der Waals surface area contributed by atoms with Crippen LogP contribution in [0.5, 0.6) is 0 Å². The summed E-state index contributed by atoms with van der Waals surface area (Å²) in [5.74, 6) is 1.91. The van der Waals surface area contributed by atoms with Gasteiger partial charge in [-0.25, -0.2) is 9.78 Å². The molecule has 2 heterocycles. The molecule has 0 spiro atoms. The van der Waals surface area contributed by atoms with Crippen molar-refractivity contribution in [2.24, 2.45) is 0 Å². The number of carbonyl (C=O) groups is 1. The van der Waals surface area contributed by atoms with Crippen molar-refractivity contribution in [2.45, 2.75) is 6.92 Å². The Kier molecular flexibility index (Phi) is 3.20. The average molecular weight is 243 g/mol. The molecule has 2 rings (SSSR count). The summed E-state index contributed by atoms with van der Waals surface area (Å²) < 4.78 is 1.55. The zero-order valence-electron chi connectivity index (χ0n) is 10.00. The second-order valence-electron chi connectivity index (χ2n) is 3.74. The van der Waals surface area contributed by atoms with Gasteiger partial charge in [0.2, 0.25) is 0 Å². The van der Waals surface area contributed by atoms with Crippen LogP contribution < -0.4 is 4.90 Å². The first kappa shape index (κ1) is 12.0. The summed E-state index contributed by atoms with van der Waals surface area (Å²) in [4.78, 5) is 17.5. The standard InChI is InChI=1S/C13H13N3O2/c1-3-8-15(4-2)12-11(13(17)18)16-9-6-5-7-10(16)14-12/h1,5-7,9H,4,8H2,2H3,(H,17,18). The SMILES string of the molecule is C#CCN(CC)c1nc2ccccn2c1C(=O)O. The van der Waals surface area contributed by atoms with Crippen molar-refractivity contribution in [3.63, 3.8) is 0 Å². The van der Waals surface area contributed by atoms with E-state index in [4.69, 9.17) is 6.42 Å². The second-order valence-corrected chi connectivity index (χ2v) is 3.74. The number of hydrogen-bond acceptors (Lipinski definition) is 3. The Morgan fingerprint density at radius 1 is 1.61 bits per heavy atom. The molecule has 0 saturated heterocycles. The van der Waals surface area contributed by atoms with Gasteiger partial charge in [0.25, 0.3) is 0 Å². The first-order valence-corrected chi connectivity index (χ1v) is 5.57. The fourth-order valence-corrected chi connectivity index (χ4v) is 1.85. The Balaban J connectivity index is 2.66. The Labute approximate surface area is 105 Å². The lowest BCUT2D eigenvalue weighted by atomic mass is 10.3. The fourth-order valence-electron chi connectivity index (χ4n) is 1.85. The number of anilines is 1. The normalized spacial score (nSPS) is 10.2. The Bertz CT molecular complexity index is 625. The van der Waals surface area contributed by atoms with Crippen LogP contribution in [0.15, 0.2) is 24.4 Å². The van der Waals surface area contributed by atoms with E-state index in [1.807, 2.05) is 13.0 Å². The van der Waals surface area contributed by atoms with Crippen molar-refractivity contribution in [1.82, 2.24) is 9.38 Å². The minimum absolute atomic E-state index is 0.141. The van der Waals surface area contributed by atoms with Crippen LogP contribution >= 0.6 is 0 Å². The van der Waals surface area contributed by atoms with Crippen molar-refractivity contribution in [3.05, 3.63) is 30.1 Å². The van der Waals surface area contributed by atoms with E-state index in [0.29, 0.717) is 24.6 Å². The number of imidazole rings is 1. The number of fused-ring (bicyclic) bond motifs is 1. The molecule has 0 aliphatic heterocycles. The molecule has 92 valence electrons. The van der Waals surface area contributed by atoms with Crippen LogP contribution in [0.4, 0.5) is 5.82 Å². The van der Waals surface area contributed by atoms with Gasteiger partial charge >= 0.3 is 5.97 Å². The molecular formula is C13H13N3O2. The first-order valence-electron chi connectivity index (χ1n) is 5.57. The van der Waals surface area contributed by atoms with Crippen LogP contribution in [0.2, 0.25) is 0 Å². The van der Waals surface area contributed by atoms with E-state index in [-0.39, 0.29) is 5.69 Å². The molecule has 0 aliphatic carbocycles. The lowest BCUT2D eigenvalue weighted by Crippen LogP contribution is -2.25. The van der Waals surface area contributed by atoms with Gasteiger partial charge in [-0.3, -0.25) is 4.40 Å². The lowest BCUT2D eigenvalue weighted by Gasteiger charge is -2.17. The van der Waals surface area contributed by atoms with E-state index >= 15 is 0 Å². The van der Waals surface area contributed by atoms with Gasteiger partial charge in [-0.2, -0.15) is 0 Å². The molecule has 0 radical (unpaired) electrons. The van der Waals surface area contributed by atoms with E-state index in [0.717, 1.165) is 0 Å². The Hall–Kier alpha value is -2.48. The Morgan fingerprint density at radius 2 is 2.39 bits per heavy atom. The zero-order chi connectivity index (χ0) is 13.1. The third kappa shape index (κ3) is 1.89. The fraction of sp³-hybridized carbons (Fsp3) is 0.231. The molecule has 0 fully saturated rings. The largest absolute Gasteiger partial charge is 0.476 e. The van der Waals surface area contributed by atoms with Gasteiger partial charge in [0.15, 0.2) is 11.5 Å². The molecule has 0 atom stereocenters. The molecule has 0 saturated carbocycles. The molecule has 2 aromatic rings. The number of pyridine rings is 1. The molecule has 2 aromatic heterocycles. The van der Waals surface area contributed by atoms with Crippen LogP contribution in [0.3, 0.4) is 0 Å². The summed E-state index contributed by atoms with van der Waals surface area (Å²) >= 11 is 0. The minimum Gasteiger partial charge on any atom is -0.476 e. The maximum absolute atomic E-state index is 11.4. The van der Waals surface area contributed by atoms with Crippen molar-refractivity contribution >= 4 is 17.4 Å². The van der Waals surface area contributed by atoms with Crippen LogP contribution in [0.25, 0.3) is 5.65 Å². The van der Waals surface area contributed by atoms with E-state index < -0.39 is 5.97 Å². The van der Waals surface area contributed by atoms with E-state index in [1.54, 1.807) is 27.6 Å². The van der Waals surface area contributed by atoms with Gasteiger partial charge in [0.1, 0.15) is 5.65 Å². The van der Waals surface area contributed by atoms with Gasteiger partial charge in [-0.05, 0) is 19.1 Å². The highest BCUT2D eigenvalue weighted by atomic mass is 16.4. The average Bonchev–Trinajstić information content (AvgIpc) is 2.74. The van der Waals surface area contributed by atoms with Crippen molar-refractivity contribution in [3.8, 4) is 12.3 Å². The highest BCUT2D eigenvalue weighted by Crippen LogP contribution is 2.21. The van der Waals surface area contributed by atoms with Gasteiger partial charge in [0, 0.05) is 12.7 Å². The van der Waals surface area contributed by atoms with Gasteiger partial charge < -0.3 is 10.0 Å². The number of nitrogens with zero attached hydrogens (tertiary/aromatic N) is 3. The lowest BCUT2D eigenvalue weighted by molar-refractivity contribution is 0.0690. The summed E-state index contributed by atoms with van der Waals surface area (Å²) in [5.41, 5.74) is 0.739. The molecule has 5 heteroatoms. The van der Waals surface area contributed by atoms with Crippen molar-refractivity contribution < 1.29 is 9.90 Å². The molecule has 0 bridgehead atoms. The van der Waals surface area contributed by atoms with E-state index in [1.165, 1.54) is 0 Å². The molecule has 5 nitrogen and oxygen atoms in total. The monoisotopic (exact) mass is 243 g/mol. The van der Waals surface area contributed by atoms with Crippen LogP contribution in [0.1, 0.15) is 17.4 Å². The smallest absolute Gasteiger partial charge is 0.356 e. The van der Waals surface area contributed by atoms with Crippen LogP contribution in [-0.2, 0) is 0 Å². The van der Waals surface area contributed by atoms with Gasteiger partial charge in [-0.1, -0.05) is 12.0 Å². The number of aromatic nitrogens is 2. The number of carboxylic acid groups (broad SMARTS) is 1. The summed E-state index contributed by atoms with van der Waals surface area (Å²) in [7, 11) is 0. The molecule has 0 aromatic carbocycles. The van der Waals surface area contributed by atoms with Crippen LogP contribution in [0, 0.1) is 12.3 Å². The molecule has 1 N–H and O–H groups in total. The van der Waals surface area contributed by atoms with E-state index in [2.05, 4.69) is 10.9 Å². The molecular weight excluding hydrogens is 230 g/mol. The summed E-state index contributed by atoms with van der Waals surface area (Å²) in [5, 5.41) is 9.33. The van der Waals surface area contributed by atoms with Crippen LogP contribution in [-0.4, -0.2) is 33.6 Å². The third-order valence-corrected chi connectivity index (χ3v) is 2.68. The predicted molar refractivity (Wildman–Crippen MR) is 68.9 cm³/mol. The summed E-state index contributed by atoms with van der Waals surface area (Å²) in [6.07, 6.45) is 6.97. The number of hydrogen-bond donors (Lipinski definition) is 1. The van der Waals surface area contributed by atoms with Crippen molar-refractivity contribution in [2.75, 3.05) is 18.0 Å². The topological polar surface area (TPSA) is 57.8 Å². The predicted octanol–water partition coefficient (Wildman–Crippen LogP) is 1.49. The first-order chi connectivity index (χ1) is 8.69. The van der Waals surface area contributed by atoms with E-state index in [9.17, 15) is 9.90 Å².